The molecular formula is C19H22N6O4S. The van der Waals surface area contributed by atoms with Crippen LogP contribution in [0.3, 0.4) is 0 Å². The zero-order chi connectivity index (χ0) is 21.5. The Kier molecular flexibility index (Phi) is 4.98. The molecule has 1 aromatic carbocycles. The largest absolute Gasteiger partial charge is 0.353 e. The van der Waals surface area contributed by atoms with E-state index >= 15 is 0 Å². The van der Waals surface area contributed by atoms with Crippen LogP contribution < -0.4 is 20.9 Å². The maximum absolute atomic E-state index is 12.6. The van der Waals surface area contributed by atoms with Crippen LogP contribution in [0.4, 0.5) is 22.9 Å². The van der Waals surface area contributed by atoms with Crippen molar-refractivity contribution in [1.29, 1.82) is 0 Å². The molecule has 0 aliphatic heterocycles. The van der Waals surface area contributed by atoms with Gasteiger partial charge in [-0.1, -0.05) is 12.1 Å². The number of aryl methyl sites for hydroxylation is 1. The standard InChI is InChI=1S/C19H22N6O4S/c1-3-30(28,29)24-13-7-5-4-6-12(13)20-14-10-15(22-18(26)11-8-9-11)21-17-16(14)19(27)25(2)23-17/h4-7,10-11,24H,3,8-9H2,1-2H3,(H3,20,21,22,23,26). The van der Waals surface area contributed by atoms with E-state index in [0.29, 0.717) is 33.9 Å². The zero-order valence-corrected chi connectivity index (χ0v) is 17.3. The Balaban J connectivity index is 1.76. The summed E-state index contributed by atoms with van der Waals surface area (Å²) in [5.41, 5.74) is 1.22. The van der Waals surface area contributed by atoms with Crippen molar-refractivity contribution in [3.63, 3.8) is 0 Å². The van der Waals surface area contributed by atoms with Crippen LogP contribution in [-0.4, -0.2) is 34.8 Å². The van der Waals surface area contributed by atoms with Crippen molar-refractivity contribution in [3.05, 3.63) is 40.7 Å². The van der Waals surface area contributed by atoms with Gasteiger partial charge in [-0.3, -0.25) is 24.1 Å². The van der Waals surface area contributed by atoms with Crippen LogP contribution in [0.15, 0.2) is 35.1 Å². The first-order valence-corrected chi connectivity index (χ1v) is 11.2. The highest BCUT2D eigenvalue weighted by Gasteiger charge is 2.30. The van der Waals surface area contributed by atoms with Gasteiger partial charge in [0.15, 0.2) is 5.65 Å². The lowest BCUT2D eigenvalue weighted by Crippen LogP contribution is -2.16. The van der Waals surface area contributed by atoms with E-state index in [9.17, 15) is 18.0 Å². The highest BCUT2D eigenvalue weighted by Crippen LogP contribution is 2.32. The lowest BCUT2D eigenvalue weighted by atomic mass is 10.2. The van der Waals surface area contributed by atoms with Gasteiger partial charge in [-0.05, 0) is 31.9 Å². The number of rotatable bonds is 7. The molecule has 1 fully saturated rings. The number of carbonyl (C=O) groups is 1. The van der Waals surface area contributed by atoms with Crippen LogP contribution >= 0.6 is 0 Å². The number of aromatic amines is 1. The van der Waals surface area contributed by atoms with Crippen molar-refractivity contribution in [2.24, 2.45) is 13.0 Å². The van der Waals surface area contributed by atoms with Crippen LogP contribution in [0.2, 0.25) is 0 Å². The minimum atomic E-state index is -3.49. The molecule has 1 saturated carbocycles. The summed E-state index contributed by atoms with van der Waals surface area (Å²) in [5.74, 6) is 0.117. The van der Waals surface area contributed by atoms with E-state index in [1.165, 1.54) is 4.68 Å². The first-order chi connectivity index (χ1) is 14.3. The van der Waals surface area contributed by atoms with Crippen molar-refractivity contribution in [2.75, 3.05) is 21.1 Å². The van der Waals surface area contributed by atoms with Gasteiger partial charge in [0.2, 0.25) is 15.9 Å². The summed E-state index contributed by atoms with van der Waals surface area (Å²) in [4.78, 5) is 29.1. The Hall–Kier alpha value is -3.34. The average molecular weight is 430 g/mol. The third kappa shape index (κ3) is 4.01. The molecule has 10 nitrogen and oxygen atoms in total. The molecule has 1 aliphatic rings. The Morgan fingerprint density at radius 2 is 1.93 bits per heavy atom. The van der Waals surface area contributed by atoms with Gasteiger partial charge >= 0.3 is 0 Å². The van der Waals surface area contributed by atoms with Crippen LogP contribution in [-0.2, 0) is 21.9 Å². The molecule has 0 unspecified atom stereocenters. The molecular weight excluding hydrogens is 408 g/mol. The molecule has 30 heavy (non-hydrogen) atoms. The molecule has 4 rings (SSSR count). The Bertz CT molecular complexity index is 1290. The first kappa shape index (κ1) is 20.0. The van der Waals surface area contributed by atoms with Crippen LogP contribution in [0.1, 0.15) is 19.8 Å². The Labute approximate surface area is 172 Å². The number of sulfonamides is 1. The number of pyridine rings is 1. The number of nitrogens with one attached hydrogen (secondary N) is 4. The molecule has 0 atom stereocenters. The van der Waals surface area contributed by atoms with Gasteiger partial charge < -0.3 is 10.6 Å². The summed E-state index contributed by atoms with van der Waals surface area (Å²) < 4.78 is 27.9. The second-order valence-corrected chi connectivity index (χ2v) is 9.21. The zero-order valence-electron chi connectivity index (χ0n) is 16.5. The van der Waals surface area contributed by atoms with Gasteiger partial charge in [0, 0.05) is 19.0 Å². The summed E-state index contributed by atoms with van der Waals surface area (Å²) in [6.45, 7) is 1.54. The number of carbonyl (C=O) groups excluding carboxylic acids is 1. The second kappa shape index (κ2) is 7.48. The predicted molar refractivity (Wildman–Crippen MR) is 115 cm³/mol. The van der Waals surface area contributed by atoms with Crippen molar-refractivity contribution in [1.82, 2.24) is 14.8 Å². The molecule has 3 aromatic rings. The number of para-hydroxylation sites is 2. The smallest absolute Gasteiger partial charge is 0.277 e. The number of anilines is 4. The Morgan fingerprint density at radius 1 is 1.23 bits per heavy atom. The number of hydrogen-bond acceptors (Lipinski definition) is 6. The molecule has 1 amide bonds. The lowest BCUT2D eigenvalue weighted by molar-refractivity contribution is -0.117. The maximum Gasteiger partial charge on any atom is 0.277 e. The van der Waals surface area contributed by atoms with E-state index < -0.39 is 10.0 Å². The first-order valence-electron chi connectivity index (χ1n) is 9.54. The monoisotopic (exact) mass is 430 g/mol. The number of aromatic nitrogens is 3. The van der Waals surface area contributed by atoms with Crippen molar-refractivity contribution < 1.29 is 13.2 Å². The molecule has 4 N–H and O–H groups in total. The van der Waals surface area contributed by atoms with Gasteiger partial charge in [-0.15, -0.1) is 0 Å². The minimum absolute atomic E-state index is 0.00194. The molecule has 11 heteroatoms. The van der Waals surface area contributed by atoms with Gasteiger partial charge in [-0.2, -0.15) is 0 Å². The number of H-pyrrole nitrogens is 1. The third-order valence-corrected chi connectivity index (χ3v) is 6.14. The summed E-state index contributed by atoms with van der Waals surface area (Å²) in [6, 6.07) is 8.34. The molecule has 0 saturated heterocycles. The fourth-order valence-electron chi connectivity index (χ4n) is 3.02. The van der Waals surface area contributed by atoms with E-state index in [-0.39, 0.29) is 23.1 Å². The van der Waals surface area contributed by atoms with E-state index in [2.05, 4.69) is 25.4 Å². The minimum Gasteiger partial charge on any atom is -0.353 e. The van der Waals surface area contributed by atoms with Crippen LogP contribution in [0.25, 0.3) is 11.0 Å². The lowest BCUT2D eigenvalue weighted by Gasteiger charge is -2.15. The van der Waals surface area contributed by atoms with E-state index in [0.717, 1.165) is 12.8 Å². The molecule has 1 aliphatic carbocycles. The molecule has 2 heterocycles. The van der Waals surface area contributed by atoms with Crippen LogP contribution in [0, 0.1) is 5.92 Å². The number of hydrogen-bond donors (Lipinski definition) is 4. The predicted octanol–water partition coefficient (Wildman–Crippen LogP) is 2.12. The number of nitrogens with zero attached hydrogens (tertiary/aromatic N) is 2. The normalized spacial score (nSPS) is 13.9. The number of amides is 1. The van der Waals surface area contributed by atoms with Gasteiger partial charge in [0.05, 0.1) is 22.8 Å². The quantitative estimate of drug-likeness (QED) is 0.453. The molecule has 0 spiro atoms. The molecule has 0 bridgehead atoms. The van der Waals surface area contributed by atoms with E-state index in [1.807, 2.05) is 0 Å². The topological polar surface area (TPSA) is 138 Å². The van der Waals surface area contributed by atoms with Gasteiger partial charge in [-0.25, -0.2) is 13.4 Å². The average Bonchev–Trinajstić information content (AvgIpc) is 3.50. The van der Waals surface area contributed by atoms with Crippen molar-refractivity contribution in [3.8, 4) is 0 Å². The summed E-state index contributed by atoms with van der Waals surface area (Å²) in [7, 11) is -1.92. The van der Waals surface area contributed by atoms with Crippen molar-refractivity contribution in [2.45, 2.75) is 19.8 Å². The van der Waals surface area contributed by atoms with Crippen LogP contribution in [0.5, 0.6) is 0 Å². The summed E-state index contributed by atoms with van der Waals surface area (Å²) in [5, 5.41) is 9.07. The third-order valence-electron chi connectivity index (χ3n) is 4.85. The van der Waals surface area contributed by atoms with Gasteiger partial charge in [0.1, 0.15) is 11.2 Å². The fraction of sp³-hybridized carbons (Fsp3) is 0.316. The molecule has 0 radical (unpaired) electrons. The van der Waals surface area contributed by atoms with E-state index in [4.69, 9.17) is 0 Å². The van der Waals surface area contributed by atoms with Crippen molar-refractivity contribution >= 4 is 49.8 Å². The molecule has 158 valence electrons. The number of fused-ring (bicyclic) bond motifs is 1. The number of benzene rings is 1. The maximum atomic E-state index is 12.6. The molecule has 2 aromatic heterocycles. The Morgan fingerprint density at radius 3 is 2.60 bits per heavy atom. The highest BCUT2D eigenvalue weighted by molar-refractivity contribution is 7.92. The van der Waals surface area contributed by atoms with Gasteiger partial charge in [0.25, 0.3) is 5.56 Å². The highest BCUT2D eigenvalue weighted by atomic mass is 32.2. The second-order valence-electron chi connectivity index (χ2n) is 7.19. The van der Waals surface area contributed by atoms with E-state index in [1.54, 1.807) is 44.3 Å². The summed E-state index contributed by atoms with van der Waals surface area (Å²) >= 11 is 0. The fourth-order valence-corrected chi connectivity index (χ4v) is 3.68. The summed E-state index contributed by atoms with van der Waals surface area (Å²) in [6.07, 6.45) is 1.71. The SMILES string of the molecule is CCS(=O)(=O)Nc1ccccc1Nc1cc(NC(=O)C2CC2)nc2[nH]n(C)c(=O)c12.